The van der Waals surface area contributed by atoms with Crippen molar-refractivity contribution in [3.63, 3.8) is 0 Å². The topological polar surface area (TPSA) is 23.5 Å². The first-order valence-electron chi connectivity index (χ1n) is 6.18. The molecule has 82 valence electrons. The van der Waals surface area contributed by atoms with Gasteiger partial charge >= 0.3 is 0 Å². The van der Waals surface area contributed by atoms with E-state index in [-0.39, 0.29) is 0 Å². The molecule has 1 saturated heterocycles. The van der Waals surface area contributed by atoms with Crippen LogP contribution in [0.2, 0.25) is 0 Å². The van der Waals surface area contributed by atoms with E-state index in [4.69, 9.17) is 0 Å². The van der Waals surface area contributed by atoms with Crippen LogP contribution in [0.1, 0.15) is 45.4 Å². The number of hydrogen-bond acceptors (Lipinski definition) is 2. The monoisotopic (exact) mass is 197 g/mol. The van der Waals surface area contributed by atoms with E-state index in [1.165, 1.54) is 45.1 Å². The molecule has 2 heteroatoms. The Morgan fingerprint density at radius 1 is 1.14 bits per heavy atom. The normalized spacial score (nSPS) is 40.3. The van der Waals surface area contributed by atoms with Gasteiger partial charge in [-0.3, -0.25) is 4.90 Å². The Morgan fingerprint density at radius 2 is 1.86 bits per heavy atom. The van der Waals surface area contributed by atoms with E-state index in [1.807, 2.05) is 0 Å². The summed E-state index contributed by atoms with van der Waals surface area (Å²) < 4.78 is 0. The lowest BCUT2D eigenvalue weighted by atomic mass is 9.86. The first-order valence-corrected chi connectivity index (χ1v) is 6.18. The minimum Gasteiger partial charge on any atom is -0.395 e. The molecule has 1 aliphatic carbocycles. The number of hydrogen-bond donors (Lipinski definition) is 1. The molecule has 2 rings (SSSR count). The Balaban J connectivity index is 1.88. The molecular weight excluding hydrogens is 174 g/mol. The van der Waals surface area contributed by atoms with Crippen LogP contribution in [0.5, 0.6) is 0 Å². The second-order valence-electron chi connectivity index (χ2n) is 5.13. The molecule has 0 aromatic heterocycles. The van der Waals surface area contributed by atoms with Gasteiger partial charge in [-0.25, -0.2) is 0 Å². The van der Waals surface area contributed by atoms with Gasteiger partial charge in [0, 0.05) is 12.1 Å². The first-order chi connectivity index (χ1) is 6.81. The third-order valence-corrected chi connectivity index (χ3v) is 4.09. The van der Waals surface area contributed by atoms with E-state index in [1.54, 1.807) is 0 Å². The highest BCUT2D eigenvalue weighted by atomic mass is 16.3. The number of nitrogens with zero attached hydrogens (tertiary/aromatic N) is 1. The van der Waals surface area contributed by atoms with Gasteiger partial charge < -0.3 is 5.11 Å². The van der Waals surface area contributed by atoms with Crippen molar-refractivity contribution in [1.29, 1.82) is 0 Å². The molecule has 0 bridgehead atoms. The number of rotatable bonds is 2. The molecule has 0 spiro atoms. The van der Waals surface area contributed by atoms with Crippen LogP contribution in [0.25, 0.3) is 0 Å². The summed E-state index contributed by atoms with van der Waals surface area (Å²) in [6.45, 7) is 3.96. The fourth-order valence-electron chi connectivity index (χ4n) is 3.11. The van der Waals surface area contributed by atoms with E-state index in [0.29, 0.717) is 12.6 Å². The molecule has 1 N–H and O–H groups in total. The van der Waals surface area contributed by atoms with Gasteiger partial charge in [-0.2, -0.15) is 0 Å². The SMILES string of the molecule is CC1CCC(N2CCC[C@H]2CO)CC1. The lowest BCUT2D eigenvalue weighted by molar-refractivity contribution is 0.0895. The zero-order valence-electron chi connectivity index (χ0n) is 9.28. The third-order valence-electron chi connectivity index (χ3n) is 4.09. The second kappa shape index (κ2) is 4.63. The smallest absolute Gasteiger partial charge is 0.0586 e. The predicted molar refractivity (Wildman–Crippen MR) is 58.2 cm³/mol. The Bertz CT molecular complexity index is 175. The van der Waals surface area contributed by atoms with E-state index >= 15 is 0 Å². The van der Waals surface area contributed by atoms with Gasteiger partial charge in [0.05, 0.1) is 6.61 Å². The molecule has 14 heavy (non-hydrogen) atoms. The second-order valence-corrected chi connectivity index (χ2v) is 5.13. The Labute approximate surface area is 87.3 Å². The van der Waals surface area contributed by atoms with Gasteiger partial charge in [-0.05, 0) is 51.0 Å². The summed E-state index contributed by atoms with van der Waals surface area (Å²) >= 11 is 0. The van der Waals surface area contributed by atoms with Crippen LogP contribution >= 0.6 is 0 Å². The molecule has 1 atom stereocenters. The molecule has 0 aromatic rings. The molecule has 2 nitrogen and oxygen atoms in total. The Kier molecular flexibility index (Phi) is 3.45. The van der Waals surface area contributed by atoms with Crippen molar-refractivity contribution in [3.05, 3.63) is 0 Å². The molecular formula is C12H23NO. The minimum atomic E-state index is 0.367. The third kappa shape index (κ3) is 2.12. The number of aliphatic hydroxyl groups is 1. The van der Waals surface area contributed by atoms with Crippen molar-refractivity contribution >= 4 is 0 Å². The lowest BCUT2D eigenvalue weighted by Gasteiger charge is -2.36. The largest absolute Gasteiger partial charge is 0.395 e. The predicted octanol–water partition coefficient (Wildman–Crippen LogP) is 2.02. The molecule has 0 radical (unpaired) electrons. The highest BCUT2D eigenvalue weighted by Crippen LogP contribution is 2.31. The quantitative estimate of drug-likeness (QED) is 0.732. The average molecular weight is 197 g/mol. The van der Waals surface area contributed by atoms with E-state index in [2.05, 4.69) is 11.8 Å². The summed E-state index contributed by atoms with van der Waals surface area (Å²) in [7, 11) is 0. The van der Waals surface area contributed by atoms with Crippen LogP contribution in [0.3, 0.4) is 0 Å². The minimum absolute atomic E-state index is 0.367. The summed E-state index contributed by atoms with van der Waals surface area (Å²) in [4.78, 5) is 2.58. The van der Waals surface area contributed by atoms with Crippen LogP contribution in [0.4, 0.5) is 0 Å². The van der Waals surface area contributed by atoms with Crippen molar-refractivity contribution in [3.8, 4) is 0 Å². The maximum Gasteiger partial charge on any atom is 0.0586 e. The molecule has 0 aromatic carbocycles. The molecule has 2 aliphatic rings. The molecule has 0 amide bonds. The average Bonchev–Trinajstić information content (AvgIpc) is 2.67. The maximum absolute atomic E-state index is 9.28. The van der Waals surface area contributed by atoms with Gasteiger partial charge in [-0.1, -0.05) is 6.92 Å². The van der Waals surface area contributed by atoms with E-state index in [9.17, 15) is 5.11 Å². The number of aliphatic hydroxyl groups excluding tert-OH is 1. The summed E-state index contributed by atoms with van der Waals surface area (Å²) in [6, 6.07) is 1.26. The Hall–Kier alpha value is -0.0800. The van der Waals surface area contributed by atoms with Crippen LogP contribution in [0.15, 0.2) is 0 Å². The van der Waals surface area contributed by atoms with E-state index < -0.39 is 0 Å². The number of likely N-dealkylation sites (tertiary alicyclic amines) is 1. The van der Waals surface area contributed by atoms with Gasteiger partial charge in [-0.15, -0.1) is 0 Å². The molecule has 1 saturated carbocycles. The summed E-state index contributed by atoms with van der Waals surface area (Å²) in [6.07, 6.45) is 7.99. The van der Waals surface area contributed by atoms with Crippen LogP contribution in [0, 0.1) is 5.92 Å². The van der Waals surface area contributed by atoms with Crippen molar-refractivity contribution in [2.45, 2.75) is 57.5 Å². The van der Waals surface area contributed by atoms with Crippen LogP contribution in [-0.4, -0.2) is 35.2 Å². The highest BCUT2D eigenvalue weighted by molar-refractivity contribution is 4.86. The van der Waals surface area contributed by atoms with Crippen LogP contribution < -0.4 is 0 Å². The van der Waals surface area contributed by atoms with Crippen molar-refractivity contribution in [2.24, 2.45) is 5.92 Å². The standard InChI is InChI=1S/C12H23NO/c1-10-4-6-11(7-5-10)13-8-2-3-12(13)9-14/h10-12,14H,2-9H2,1H3/t10?,11?,12-/m0/s1. The molecule has 1 aliphatic heterocycles. The van der Waals surface area contributed by atoms with Crippen molar-refractivity contribution in [1.82, 2.24) is 4.90 Å². The first kappa shape index (κ1) is 10.4. The van der Waals surface area contributed by atoms with Gasteiger partial charge in [0.25, 0.3) is 0 Å². The summed E-state index contributed by atoms with van der Waals surface area (Å²) in [5.74, 6) is 0.932. The zero-order chi connectivity index (χ0) is 9.97. The highest BCUT2D eigenvalue weighted by Gasteiger charge is 2.31. The Morgan fingerprint density at radius 3 is 2.50 bits per heavy atom. The molecule has 1 heterocycles. The van der Waals surface area contributed by atoms with Gasteiger partial charge in [0.15, 0.2) is 0 Å². The van der Waals surface area contributed by atoms with Crippen molar-refractivity contribution < 1.29 is 5.11 Å². The van der Waals surface area contributed by atoms with Crippen molar-refractivity contribution in [2.75, 3.05) is 13.2 Å². The zero-order valence-corrected chi connectivity index (χ0v) is 9.28. The van der Waals surface area contributed by atoms with Gasteiger partial charge in [0.1, 0.15) is 0 Å². The summed E-state index contributed by atoms with van der Waals surface area (Å²) in [5, 5.41) is 9.28. The van der Waals surface area contributed by atoms with Crippen LogP contribution in [-0.2, 0) is 0 Å². The molecule has 0 unspecified atom stereocenters. The van der Waals surface area contributed by atoms with Gasteiger partial charge in [0.2, 0.25) is 0 Å². The fraction of sp³-hybridized carbons (Fsp3) is 1.00. The summed E-state index contributed by atoms with van der Waals surface area (Å²) in [5.41, 5.74) is 0. The lowest BCUT2D eigenvalue weighted by Crippen LogP contribution is -2.42. The maximum atomic E-state index is 9.28. The fourth-order valence-corrected chi connectivity index (χ4v) is 3.11. The van der Waals surface area contributed by atoms with E-state index in [0.717, 1.165) is 12.0 Å². The molecule has 2 fully saturated rings.